The molecule has 3 aliphatic rings. The number of hydrogen-bond acceptors (Lipinski definition) is 3. The van der Waals surface area contributed by atoms with Crippen molar-refractivity contribution in [1.82, 2.24) is 10.2 Å². The molecule has 1 atom stereocenters. The van der Waals surface area contributed by atoms with Gasteiger partial charge in [0.25, 0.3) is 5.91 Å². The molecule has 1 saturated heterocycles. The molecule has 1 unspecified atom stereocenters. The van der Waals surface area contributed by atoms with E-state index in [-0.39, 0.29) is 18.6 Å². The summed E-state index contributed by atoms with van der Waals surface area (Å²) >= 11 is 0. The molecule has 2 fully saturated rings. The molecule has 1 aromatic carbocycles. The molecule has 1 heterocycles. The molecule has 0 aromatic heterocycles. The van der Waals surface area contributed by atoms with Crippen LogP contribution in [-0.4, -0.2) is 43.3 Å². The van der Waals surface area contributed by atoms with Gasteiger partial charge in [-0.1, -0.05) is 12.0 Å². The number of alkyl halides is 1. The molecule has 1 N–H and O–H groups in total. The van der Waals surface area contributed by atoms with Crippen LogP contribution in [0.4, 0.5) is 9.18 Å². The first-order chi connectivity index (χ1) is 13.5. The third kappa shape index (κ3) is 2.49. The number of nitrogens with one attached hydrogen (secondary N) is 1. The Morgan fingerprint density at radius 1 is 1.32 bits per heavy atom. The predicted molar refractivity (Wildman–Crippen MR) is 102 cm³/mol. The average molecular weight is 384 g/mol. The second kappa shape index (κ2) is 6.89. The number of carbonyl (C=O) groups excluding carboxylic acids is 2. The zero-order valence-electron chi connectivity index (χ0n) is 16.3. The van der Waals surface area contributed by atoms with Gasteiger partial charge in [0.05, 0.1) is 12.6 Å². The van der Waals surface area contributed by atoms with Crippen molar-refractivity contribution in [2.24, 2.45) is 5.41 Å². The van der Waals surface area contributed by atoms with Crippen molar-refractivity contribution in [2.45, 2.75) is 50.7 Å². The van der Waals surface area contributed by atoms with E-state index >= 15 is 0 Å². The Kier molecular flexibility index (Phi) is 4.67. The quantitative estimate of drug-likeness (QED) is 0.644. The summed E-state index contributed by atoms with van der Waals surface area (Å²) in [6.07, 6.45) is 4.09. The van der Waals surface area contributed by atoms with Gasteiger partial charge in [-0.05, 0) is 62.3 Å². The average Bonchev–Trinajstić information content (AvgIpc) is 3.10. The first kappa shape index (κ1) is 18.9. The van der Waals surface area contributed by atoms with Crippen molar-refractivity contribution >= 4 is 11.9 Å². The summed E-state index contributed by atoms with van der Waals surface area (Å²) in [5.74, 6) is 5.61. The maximum atomic E-state index is 13.6. The Balaban J connectivity index is 1.86. The molecule has 3 amide bonds. The molecule has 6 heteroatoms. The van der Waals surface area contributed by atoms with Gasteiger partial charge in [-0.25, -0.2) is 9.18 Å². The van der Waals surface area contributed by atoms with Gasteiger partial charge in [0.1, 0.15) is 6.67 Å². The number of halogens is 1. The SMILES string of the molecule is CC#Cc1ccc2c(c1)C1(NC(=O)N(CCF)C1=O)C1(CCC(OC)CC1)C2. The molecule has 148 valence electrons. The van der Waals surface area contributed by atoms with Crippen LogP contribution in [0.5, 0.6) is 0 Å². The van der Waals surface area contributed by atoms with Crippen molar-refractivity contribution in [1.29, 1.82) is 0 Å². The summed E-state index contributed by atoms with van der Waals surface area (Å²) < 4.78 is 18.6. The number of carbonyl (C=O) groups is 2. The Morgan fingerprint density at radius 3 is 2.71 bits per heavy atom. The summed E-state index contributed by atoms with van der Waals surface area (Å²) in [4.78, 5) is 27.3. The maximum Gasteiger partial charge on any atom is 0.325 e. The molecule has 1 saturated carbocycles. The summed E-state index contributed by atoms with van der Waals surface area (Å²) in [7, 11) is 1.71. The second-order valence-electron chi connectivity index (χ2n) is 7.97. The number of benzene rings is 1. The van der Waals surface area contributed by atoms with E-state index in [1.54, 1.807) is 14.0 Å². The van der Waals surface area contributed by atoms with Gasteiger partial charge < -0.3 is 10.1 Å². The normalized spacial score (nSPS) is 31.1. The zero-order chi connectivity index (χ0) is 19.9. The van der Waals surface area contributed by atoms with E-state index in [2.05, 4.69) is 17.2 Å². The lowest BCUT2D eigenvalue weighted by atomic mass is 9.61. The number of rotatable bonds is 3. The fourth-order valence-electron chi connectivity index (χ4n) is 5.42. The summed E-state index contributed by atoms with van der Waals surface area (Å²) in [6.45, 7) is 0.803. The Labute approximate surface area is 164 Å². The van der Waals surface area contributed by atoms with Gasteiger partial charge in [-0.3, -0.25) is 9.69 Å². The second-order valence-corrected chi connectivity index (χ2v) is 7.97. The van der Waals surface area contributed by atoms with E-state index in [0.29, 0.717) is 6.42 Å². The molecule has 28 heavy (non-hydrogen) atoms. The molecular formula is C22H25FN2O3. The molecule has 1 aliphatic heterocycles. The van der Waals surface area contributed by atoms with E-state index in [1.165, 1.54) is 0 Å². The molecule has 1 aromatic rings. The Hall–Kier alpha value is -2.39. The van der Waals surface area contributed by atoms with Gasteiger partial charge in [0.2, 0.25) is 0 Å². The maximum absolute atomic E-state index is 13.6. The van der Waals surface area contributed by atoms with E-state index in [4.69, 9.17) is 4.74 Å². The van der Waals surface area contributed by atoms with Gasteiger partial charge in [-0.15, -0.1) is 5.92 Å². The Bertz CT molecular complexity index is 880. The molecule has 2 spiro atoms. The van der Waals surface area contributed by atoms with Crippen LogP contribution in [0.15, 0.2) is 18.2 Å². The predicted octanol–water partition coefficient (Wildman–Crippen LogP) is 2.91. The molecule has 4 rings (SSSR count). The highest BCUT2D eigenvalue weighted by atomic mass is 19.1. The smallest absolute Gasteiger partial charge is 0.325 e. The van der Waals surface area contributed by atoms with Crippen molar-refractivity contribution < 1.29 is 18.7 Å². The number of ether oxygens (including phenoxy) is 1. The topological polar surface area (TPSA) is 58.6 Å². The van der Waals surface area contributed by atoms with Crippen LogP contribution in [0.3, 0.4) is 0 Å². The van der Waals surface area contributed by atoms with Crippen molar-refractivity contribution in [2.75, 3.05) is 20.3 Å². The van der Waals surface area contributed by atoms with Gasteiger partial charge in [-0.2, -0.15) is 0 Å². The fourth-order valence-corrected chi connectivity index (χ4v) is 5.42. The van der Waals surface area contributed by atoms with Gasteiger partial charge >= 0.3 is 6.03 Å². The number of amides is 3. The lowest BCUT2D eigenvalue weighted by molar-refractivity contribution is -0.138. The molecule has 2 aliphatic carbocycles. The fraction of sp³-hybridized carbons (Fsp3) is 0.545. The minimum absolute atomic E-state index is 0.169. The van der Waals surface area contributed by atoms with E-state index in [1.807, 2.05) is 18.2 Å². The highest BCUT2D eigenvalue weighted by molar-refractivity contribution is 6.09. The monoisotopic (exact) mass is 384 g/mol. The van der Waals surface area contributed by atoms with Crippen molar-refractivity contribution in [3.63, 3.8) is 0 Å². The van der Waals surface area contributed by atoms with Crippen LogP contribution >= 0.6 is 0 Å². The summed E-state index contributed by atoms with van der Waals surface area (Å²) in [5, 5.41) is 3.01. The Morgan fingerprint density at radius 2 is 2.07 bits per heavy atom. The van der Waals surface area contributed by atoms with E-state index < -0.39 is 23.7 Å². The highest BCUT2D eigenvalue weighted by Gasteiger charge is 2.68. The van der Waals surface area contributed by atoms with Gasteiger partial charge in [0.15, 0.2) is 5.54 Å². The molecule has 5 nitrogen and oxygen atoms in total. The lowest BCUT2D eigenvalue weighted by Gasteiger charge is -2.46. The van der Waals surface area contributed by atoms with Crippen LogP contribution in [0.25, 0.3) is 0 Å². The van der Waals surface area contributed by atoms with E-state index in [0.717, 1.165) is 47.3 Å². The summed E-state index contributed by atoms with van der Waals surface area (Å²) in [6, 6.07) is 5.41. The van der Waals surface area contributed by atoms with Gasteiger partial charge in [0, 0.05) is 18.1 Å². The van der Waals surface area contributed by atoms with Crippen LogP contribution in [0, 0.1) is 17.3 Å². The molecular weight excluding hydrogens is 359 g/mol. The van der Waals surface area contributed by atoms with E-state index in [9.17, 15) is 14.0 Å². The van der Waals surface area contributed by atoms with Crippen LogP contribution in [-0.2, 0) is 21.5 Å². The highest BCUT2D eigenvalue weighted by Crippen LogP contribution is 2.59. The van der Waals surface area contributed by atoms with Crippen molar-refractivity contribution in [3.05, 3.63) is 34.9 Å². The first-order valence-electron chi connectivity index (χ1n) is 9.80. The largest absolute Gasteiger partial charge is 0.381 e. The number of fused-ring (bicyclic) bond motifs is 3. The lowest BCUT2D eigenvalue weighted by Crippen LogP contribution is -2.56. The first-order valence-corrected chi connectivity index (χ1v) is 9.80. The van der Waals surface area contributed by atoms with Crippen molar-refractivity contribution in [3.8, 4) is 11.8 Å². The zero-order valence-corrected chi connectivity index (χ0v) is 16.3. The number of nitrogens with zero attached hydrogens (tertiary/aromatic N) is 1. The number of urea groups is 1. The van der Waals surface area contributed by atoms with Crippen LogP contribution in [0.2, 0.25) is 0 Å². The minimum atomic E-state index is -1.14. The third-order valence-corrected chi connectivity index (χ3v) is 6.74. The summed E-state index contributed by atoms with van der Waals surface area (Å²) in [5.41, 5.74) is 1.14. The molecule has 0 bridgehead atoms. The third-order valence-electron chi connectivity index (χ3n) is 6.74. The number of imide groups is 1. The van der Waals surface area contributed by atoms with Crippen LogP contribution in [0.1, 0.15) is 49.3 Å². The standard InChI is InChI=1S/C22H25FN2O3/c1-3-4-15-5-6-16-14-21(9-7-17(28-2)8-10-21)22(18(16)13-15)19(26)25(12-11-23)20(27)24-22/h5-6,13,17H,7-12,14H2,1-2H3,(H,24,27). The minimum Gasteiger partial charge on any atom is -0.381 e. The molecule has 0 radical (unpaired) electrons. The van der Waals surface area contributed by atoms with Crippen LogP contribution < -0.4 is 5.32 Å². The number of hydrogen-bond donors (Lipinski definition) is 1. The number of methoxy groups -OCH3 is 1.